The molecule has 0 aliphatic heterocycles. The first kappa shape index (κ1) is 23.4. The van der Waals surface area contributed by atoms with Gasteiger partial charge in [0.25, 0.3) is 5.91 Å². The van der Waals surface area contributed by atoms with Crippen LogP contribution in [-0.4, -0.2) is 34.7 Å². The second-order valence-electron chi connectivity index (χ2n) is 8.32. The van der Waals surface area contributed by atoms with E-state index in [4.69, 9.17) is 36.8 Å². The second kappa shape index (κ2) is 9.39. The van der Waals surface area contributed by atoms with Crippen molar-refractivity contribution in [1.29, 1.82) is 0 Å². The number of nitrogens with two attached hydrogens (primary N) is 1. The second-order valence-corrected chi connectivity index (χ2v) is 8.72. The smallest absolute Gasteiger partial charge is 0.257 e. The molecule has 0 aliphatic rings. The third-order valence-corrected chi connectivity index (χ3v) is 6.41. The predicted octanol–water partition coefficient (Wildman–Crippen LogP) is 5.06. The van der Waals surface area contributed by atoms with Gasteiger partial charge in [0.15, 0.2) is 5.65 Å². The van der Waals surface area contributed by atoms with E-state index < -0.39 is 0 Å². The maximum Gasteiger partial charge on any atom is 0.257 e. The number of anilines is 1. The molecule has 5 rings (SSSR count). The molecule has 2 aromatic heterocycles. The molecule has 0 fully saturated rings. The lowest BCUT2D eigenvalue weighted by Crippen LogP contribution is -2.24. The van der Waals surface area contributed by atoms with Gasteiger partial charge in [0.1, 0.15) is 28.4 Å². The number of aryl methyl sites for hydroxylation is 1. The molecule has 0 radical (unpaired) electrons. The van der Waals surface area contributed by atoms with Crippen molar-refractivity contribution in [2.75, 3.05) is 20.0 Å². The third kappa shape index (κ3) is 4.16. The number of ether oxygens (including phenoxy) is 2. The molecule has 182 valence electrons. The first-order chi connectivity index (χ1) is 17.4. The Balaban J connectivity index is 1.62. The number of nitrogen functional groups attached to an aromatic ring is 1. The molecule has 9 heteroatoms. The molecule has 5 aromatic rings. The summed E-state index contributed by atoms with van der Waals surface area (Å²) in [5.74, 6) is 1.10. The van der Waals surface area contributed by atoms with Gasteiger partial charge in [-0.2, -0.15) is 0 Å². The van der Waals surface area contributed by atoms with Crippen LogP contribution in [-0.2, 0) is 6.54 Å². The molecular weight excluding hydrogens is 478 g/mol. The maximum atomic E-state index is 13.5. The number of carbonyl (C=O) groups is 1. The fraction of sp³-hybridized carbons (Fsp3) is 0.148. The van der Waals surface area contributed by atoms with E-state index in [0.717, 1.165) is 11.1 Å². The Hall–Kier alpha value is -4.30. The molecular formula is C27H24ClN5O3. The molecule has 0 spiro atoms. The van der Waals surface area contributed by atoms with Gasteiger partial charge < -0.3 is 20.5 Å². The molecule has 3 N–H and O–H groups in total. The topological polar surface area (TPSA) is 104 Å². The van der Waals surface area contributed by atoms with Gasteiger partial charge in [0.2, 0.25) is 0 Å². The molecule has 3 aromatic carbocycles. The predicted molar refractivity (Wildman–Crippen MR) is 141 cm³/mol. The highest BCUT2D eigenvalue weighted by Gasteiger charge is 2.25. The average molecular weight is 502 g/mol. The molecule has 0 saturated carbocycles. The lowest BCUT2D eigenvalue weighted by molar-refractivity contribution is 0.0953. The SMILES string of the molecule is COc1cc(CNC(=O)c2c(N)n(-c3ccc(C)c(Cl)c3)c3nc4ccccc4nc23)cc(OC)c1. The summed E-state index contributed by atoms with van der Waals surface area (Å²) in [6.07, 6.45) is 0. The summed E-state index contributed by atoms with van der Waals surface area (Å²) < 4.78 is 12.4. The van der Waals surface area contributed by atoms with E-state index in [9.17, 15) is 4.79 Å². The first-order valence-corrected chi connectivity index (χ1v) is 11.6. The Bertz CT molecular complexity index is 1610. The Morgan fingerprint density at radius 1 is 1.00 bits per heavy atom. The molecule has 8 nitrogen and oxygen atoms in total. The molecule has 0 aliphatic carbocycles. The Morgan fingerprint density at radius 2 is 1.67 bits per heavy atom. The van der Waals surface area contributed by atoms with Gasteiger partial charge in [-0.3, -0.25) is 9.36 Å². The molecule has 0 bridgehead atoms. The summed E-state index contributed by atoms with van der Waals surface area (Å²) in [6, 6.07) is 18.5. The third-order valence-electron chi connectivity index (χ3n) is 6.00. The van der Waals surface area contributed by atoms with Crippen LogP contribution in [0, 0.1) is 6.92 Å². The van der Waals surface area contributed by atoms with Crippen molar-refractivity contribution in [2.24, 2.45) is 0 Å². The van der Waals surface area contributed by atoms with Gasteiger partial charge >= 0.3 is 0 Å². The Labute approximate surface area is 212 Å². The monoisotopic (exact) mass is 501 g/mol. The highest BCUT2D eigenvalue weighted by atomic mass is 35.5. The van der Waals surface area contributed by atoms with Gasteiger partial charge in [-0.25, -0.2) is 9.97 Å². The number of nitrogens with one attached hydrogen (secondary N) is 1. The summed E-state index contributed by atoms with van der Waals surface area (Å²) >= 11 is 6.41. The van der Waals surface area contributed by atoms with Crippen LogP contribution in [0.15, 0.2) is 60.7 Å². The van der Waals surface area contributed by atoms with Crippen LogP contribution in [0.3, 0.4) is 0 Å². The number of benzene rings is 3. The number of amides is 1. The zero-order valence-corrected chi connectivity index (χ0v) is 20.8. The lowest BCUT2D eigenvalue weighted by atomic mass is 10.2. The van der Waals surface area contributed by atoms with Crippen LogP contribution in [0.5, 0.6) is 11.5 Å². The summed E-state index contributed by atoms with van der Waals surface area (Å²) in [5, 5.41) is 3.53. The lowest BCUT2D eigenvalue weighted by Gasteiger charge is -2.11. The molecule has 0 saturated heterocycles. The summed E-state index contributed by atoms with van der Waals surface area (Å²) in [6.45, 7) is 2.15. The van der Waals surface area contributed by atoms with Crippen molar-refractivity contribution in [3.63, 3.8) is 0 Å². The minimum Gasteiger partial charge on any atom is -0.497 e. The van der Waals surface area contributed by atoms with E-state index in [1.165, 1.54) is 0 Å². The van der Waals surface area contributed by atoms with Crippen molar-refractivity contribution in [1.82, 2.24) is 19.9 Å². The van der Waals surface area contributed by atoms with Crippen molar-refractivity contribution in [2.45, 2.75) is 13.5 Å². The van der Waals surface area contributed by atoms with E-state index >= 15 is 0 Å². The highest BCUT2D eigenvalue weighted by Crippen LogP contribution is 2.32. The molecule has 0 unspecified atom stereocenters. The number of nitrogens with zero attached hydrogens (tertiary/aromatic N) is 3. The fourth-order valence-corrected chi connectivity index (χ4v) is 4.28. The van der Waals surface area contributed by atoms with E-state index in [0.29, 0.717) is 44.4 Å². The van der Waals surface area contributed by atoms with Gasteiger partial charge in [-0.05, 0) is 54.4 Å². The molecule has 36 heavy (non-hydrogen) atoms. The van der Waals surface area contributed by atoms with Crippen molar-refractivity contribution in [3.05, 3.63) is 82.4 Å². The molecule has 0 atom stereocenters. The van der Waals surface area contributed by atoms with Crippen LogP contribution in [0.4, 0.5) is 5.82 Å². The number of para-hydroxylation sites is 2. The number of carbonyl (C=O) groups excluding carboxylic acids is 1. The minimum absolute atomic E-state index is 0.223. The largest absolute Gasteiger partial charge is 0.497 e. The van der Waals surface area contributed by atoms with Crippen molar-refractivity contribution < 1.29 is 14.3 Å². The zero-order valence-electron chi connectivity index (χ0n) is 20.0. The summed E-state index contributed by atoms with van der Waals surface area (Å²) in [5.41, 5.74) is 11.5. The zero-order chi connectivity index (χ0) is 25.4. The number of rotatable bonds is 6. The minimum atomic E-state index is -0.374. The Kier molecular flexibility index (Phi) is 6.12. The Morgan fingerprint density at radius 3 is 2.31 bits per heavy atom. The number of halogens is 1. The quantitative estimate of drug-likeness (QED) is 0.337. The van der Waals surface area contributed by atoms with Crippen LogP contribution in [0.25, 0.3) is 27.9 Å². The van der Waals surface area contributed by atoms with Gasteiger partial charge in [-0.1, -0.05) is 29.8 Å². The molecule has 1 amide bonds. The number of hydrogen-bond donors (Lipinski definition) is 2. The number of methoxy groups -OCH3 is 2. The summed E-state index contributed by atoms with van der Waals surface area (Å²) in [7, 11) is 3.15. The molecule has 2 heterocycles. The van der Waals surface area contributed by atoms with Crippen molar-refractivity contribution in [3.8, 4) is 17.2 Å². The normalized spacial score (nSPS) is 11.1. The van der Waals surface area contributed by atoms with Crippen molar-refractivity contribution >= 4 is 45.5 Å². The standard InChI is InChI=1S/C27H24ClN5O3/c1-15-8-9-17(12-20(15)28)33-25(29)23(24-26(33)32-22-7-5-4-6-21(22)31-24)27(34)30-14-16-10-18(35-2)13-19(11-16)36-3/h4-13H,14,29H2,1-3H3,(H,30,34). The van der Waals surface area contributed by atoms with E-state index in [1.807, 2.05) is 55.5 Å². The van der Waals surface area contributed by atoms with E-state index in [2.05, 4.69) is 5.32 Å². The highest BCUT2D eigenvalue weighted by molar-refractivity contribution is 6.31. The number of fused-ring (bicyclic) bond motifs is 2. The van der Waals surface area contributed by atoms with Crippen LogP contribution in [0.2, 0.25) is 5.02 Å². The average Bonchev–Trinajstić information content (AvgIpc) is 3.17. The maximum absolute atomic E-state index is 13.5. The number of aromatic nitrogens is 3. The van der Waals surface area contributed by atoms with Gasteiger partial charge in [0, 0.05) is 17.6 Å². The van der Waals surface area contributed by atoms with E-state index in [1.54, 1.807) is 30.9 Å². The fourth-order valence-electron chi connectivity index (χ4n) is 4.11. The van der Waals surface area contributed by atoms with Crippen LogP contribution < -0.4 is 20.5 Å². The number of hydrogen-bond acceptors (Lipinski definition) is 6. The van der Waals surface area contributed by atoms with Crippen LogP contribution >= 0.6 is 11.6 Å². The van der Waals surface area contributed by atoms with E-state index in [-0.39, 0.29) is 23.8 Å². The van der Waals surface area contributed by atoms with Gasteiger partial charge in [-0.15, -0.1) is 0 Å². The summed E-state index contributed by atoms with van der Waals surface area (Å²) in [4.78, 5) is 23.1. The van der Waals surface area contributed by atoms with Crippen LogP contribution in [0.1, 0.15) is 21.5 Å². The first-order valence-electron chi connectivity index (χ1n) is 11.2. The van der Waals surface area contributed by atoms with Gasteiger partial charge in [0.05, 0.1) is 30.9 Å².